The zero-order chi connectivity index (χ0) is 19.7. The van der Waals surface area contributed by atoms with Gasteiger partial charge in [-0.15, -0.1) is 22.8 Å². The van der Waals surface area contributed by atoms with Gasteiger partial charge >= 0.3 is 0 Å². The molecule has 0 spiro atoms. The normalized spacial score (nSPS) is 10.9. The zero-order valence-corrected chi connectivity index (χ0v) is 15.1. The molecular formula is C17H12FN7O2S. The highest BCUT2D eigenvalue weighted by Gasteiger charge is 2.16. The Bertz CT molecular complexity index is 1140. The number of non-ortho nitro benzene ring substituents is 1. The van der Waals surface area contributed by atoms with Crippen molar-refractivity contribution in [3.8, 4) is 17.1 Å². The Morgan fingerprint density at radius 1 is 1.11 bits per heavy atom. The van der Waals surface area contributed by atoms with Gasteiger partial charge in [0.05, 0.1) is 28.9 Å². The van der Waals surface area contributed by atoms with Crippen molar-refractivity contribution in [2.75, 3.05) is 0 Å². The van der Waals surface area contributed by atoms with Crippen molar-refractivity contribution in [3.63, 3.8) is 0 Å². The Kier molecular flexibility index (Phi) is 4.57. The van der Waals surface area contributed by atoms with Crippen LogP contribution in [0.2, 0.25) is 0 Å². The third-order valence-electron chi connectivity index (χ3n) is 3.98. The molecule has 0 saturated carbocycles. The van der Waals surface area contributed by atoms with Gasteiger partial charge < -0.3 is 0 Å². The molecule has 0 bridgehead atoms. The summed E-state index contributed by atoms with van der Waals surface area (Å²) in [6.07, 6.45) is 1.55. The van der Waals surface area contributed by atoms with Crippen molar-refractivity contribution in [3.05, 3.63) is 76.2 Å². The molecule has 0 amide bonds. The van der Waals surface area contributed by atoms with Crippen LogP contribution >= 0.6 is 12.6 Å². The summed E-state index contributed by atoms with van der Waals surface area (Å²) in [6.45, 7) is 0.305. The summed E-state index contributed by atoms with van der Waals surface area (Å²) in [5.41, 5.74) is 2.03. The van der Waals surface area contributed by atoms with Crippen LogP contribution in [0.1, 0.15) is 5.56 Å². The van der Waals surface area contributed by atoms with Crippen LogP contribution in [0, 0.1) is 15.9 Å². The minimum Gasteiger partial charge on any atom is -0.258 e. The molecular weight excluding hydrogens is 385 g/mol. The fourth-order valence-corrected chi connectivity index (χ4v) is 2.90. The lowest BCUT2D eigenvalue weighted by Crippen LogP contribution is -2.04. The van der Waals surface area contributed by atoms with Gasteiger partial charge in [0.25, 0.3) is 5.69 Å². The van der Waals surface area contributed by atoms with Crippen LogP contribution in [-0.2, 0) is 6.54 Å². The second-order valence-corrected chi connectivity index (χ2v) is 6.26. The van der Waals surface area contributed by atoms with Gasteiger partial charge in [-0.1, -0.05) is 12.1 Å². The summed E-state index contributed by atoms with van der Waals surface area (Å²) < 4.78 is 14.6. The van der Waals surface area contributed by atoms with Crippen molar-refractivity contribution in [1.82, 2.24) is 30.0 Å². The monoisotopic (exact) mass is 397 g/mol. The molecule has 11 heteroatoms. The van der Waals surface area contributed by atoms with E-state index < -0.39 is 4.92 Å². The van der Waals surface area contributed by atoms with E-state index in [1.54, 1.807) is 30.5 Å². The van der Waals surface area contributed by atoms with E-state index in [2.05, 4.69) is 33.1 Å². The number of rotatable bonds is 5. The molecule has 4 rings (SSSR count). The molecule has 9 nitrogen and oxygen atoms in total. The topological polar surface area (TPSA) is 105 Å². The molecule has 2 aromatic carbocycles. The Morgan fingerprint density at radius 3 is 2.50 bits per heavy atom. The van der Waals surface area contributed by atoms with Crippen LogP contribution in [0.15, 0.2) is 59.8 Å². The molecule has 0 atom stereocenters. The molecule has 0 aliphatic heterocycles. The molecule has 0 N–H and O–H groups in total. The summed E-state index contributed by atoms with van der Waals surface area (Å²) in [4.78, 5) is 11.6. The van der Waals surface area contributed by atoms with Gasteiger partial charge in [0.2, 0.25) is 5.82 Å². The van der Waals surface area contributed by atoms with E-state index in [0.29, 0.717) is 28.6 Å². The van der Waals surface area contributed by atoms with Crippen LogP contribution in [0.3, 0.4) is 0 Å². The summed E-state index contributed by atoms with van der Waals surface area (Å²) >= 11 is 4.48. The van der Waals surface area contributed by atoms with Crippen molar-refractivity contribution in [2.45, 2.75) is 11.6 Å². The van der Waals surface area contributed by atoms with Gasteiger partial charge in [-0.05, 0) is 35.0 Å². The van der Waals surface area contributed by atoms with Crippen molar-refractivity contribution in [1.29, 1.82) is 0 Å². The predicted octanol–water partition coefficient (Wildman–Crippen LogP) is 2.91. The van der Waals surface area contributed by atoms with Crippen LogP contribution in [0.5, 0.6) is 0 Å². The molecule has 140 valence electrons. The number of hydrogen-bond acceptors (Lipinski definition) is 7. The van der Waals surface area contributed by atoms with E-state index in [1.165, 1.54) is 33.7 Å². The summed E-state index contributed by atoms with van der Waals surface area (Å²) in [5, 5.41) is 27.8. The number of thiol groups is 1. The SMILES string of the molecule is O=[N+]([O-])c1ccc(Cn2nnc(-c3cnn(-c4ccc(F)cc4)c3S)n2)cc1. The molecule has 0 aliphatic rings. The number of hydrogen-bond donors (Lipinski definition) is 1. The molecule has 2 heterocycles. The number of nitro groups is 1. The van der Waals surface area contributed by atoms with Crippen LogP contribution in [-0.4, -0.2) is 34.9 Å². The lowest BCUT2D eigenvalue weighted by Gasteiger charge is -2.03. The number of tetrazole rings is 1. The second-order valence-electron chi connectivity index (χ2n) is 5.84. The van der Waals surface area contributed by atoms with Gasteiger partial charge in [-0.3, -0.25) is 10.1 Å². The lowest BCUT2D eigenvalue weighted by molar-refractivity contribution is -0.384. The fourth-order valence-electron chi connectivity index (χ4n) is 2.58. The largest absolute Gasteiger partial charge is 0.269 e. The van der Waals surface area contributed by atoms with E-state index in [9.17, 15) is 14.5 Å². The molecule has 2 aromatic heterocycles. The van der Waals surface area contributed by atoms with E-state index in [1.807, 2.05) is 0 Å². The smallest absolute Gasteiger partial charge is 0.258 e. The minimum atomic E-state index is -0.456. The fraction of sp³-hybridized carbons (Fsp3) is 0.0588. The van der Waals surface area contributed by atoms with Crippen molar-refractivity contribution < 1.29 is 9.31 Å². The van der Waals surface area contributed by atoms with Crippen LogP contribution in [0.25, 0.3) is 17.1 Å². The number of halogens is 1. The number of aromatic nitrogens is 6. The third-order valence-corrected chi connectivity index (χ3v) is 4.41. The average Bonchev–Trinajstić information content (AvgIpc) is 3.29. The Labute approximate surface area is 163 Å². The third kappa shape index (κ3) is 3.47. The Morgan fingerprint density at radius 2 is 1.82 bits per heavy atom. The second kappa shape index (κ2) is 7.19. The Balaban J connectivity index is 1.56. The van der Waals surface area contributed by atoms with Gasteiger partial charge in [-0.2, -0.15) is 9.90 Å². The quantitative estimate of drug-likeness (QED) is 0.315. The molecule has 0 saturated heterocycles. The van der Waals surface area contributed by atoms with Gasteiger partial charge in [0.1, 0.15) is 10.8 Å². The lowest BCUT2D eigenvalue weighted by atomic mass is 10.2. The molecule has 4 aromatic rings. The van der Waals surface area contributed by atoms with Gasteiger partial charge in [-0.25, -0.2) is 9.07 Å². The van der Waals surface area contributed by atoms with E-state index >= 15 is 0 Å². The van der Waals surface area contributed by atoms with Gasteiger partial charge in [0, 0.05) is 12.1 Å². The zero-order valence-electron chi connectivity index (χ0n) is 14.2. The van der Waals surface area contributed by atoms with E-state index in [0.717, 1.165) is 5.56 Å². The number of nitrogens with zero attached hydrogens (tertiary/aromatic N) is 7. The number of nitro benzene ring substituents is 1. The van der Waals surface area contributed by atoms with Crippen molar-refractivity contribution in [2.24, 2.45) is 0 Å². The summed E-state index contributed by atoms with van der Waals surface area (Å²) in [6, 6.07) is 12.0. The highest BCUT2D eigenvalue weighted by Crippen LogP contribution is 2.25. The molecule has 0 aliphatic carbocycles. The first-order valence-electron chi connectivity index (χ1n) is 8.06. The maximum absolute atomic E-state index is 13.1. The highest BCUT2D eigenvalue weighted by molar-refractivity contribution is 7.80. The molecule has 0 unspecified atom stereocenters. The number of benzene rings is 2. The average molecular weight is 397 g/mol. The first-order valence-corrected chi connectivity index (χ1v) is 8.50. The summed E-state index contributed by atoms with van der Waals surface area (Å²) in [7, 11) is 0. The Hall–Kier alpha value is -3.60. The molecule has 0 fully saturated rings. The van der Waals surface area contributed by atoms with E-state index in [-0.39, 0.29) is 11.5 Å². The maximum atomic E-state index is 13.1. The first-order chi connectivity index (χ1) is 13.5. The minimum absolute atomic E-state index is 0.0175. The van der Waals surface area contributed by atoms with Crippen LogP contribution < -0.4 is 0 Å². The highest BCUT2D eigenvalue weighted by atomic mass is 32.1. The summed E-state index contributed by atoms with van der Waals surface area (Å²) in [5.74, 6) is -0.00651. The predicted molar refractivity (Wildman–Crippen MR) is 99.8 cm³/mol. The standard InChI is InChI=1S/C17H12FN7O2S/c18-12-3-7-13(8-4-12)24-17(28)15(9-19-24)16-20-22-23(21-16)10-11-1-5-14(6-2-11)25(26)27/h1-9,28H,10H2. The molecule has 28 heavy (non-hydrogen) atoms. The van der Waals surface area contributed by atoms with Crippen molar-refractivity contribution >= 4 is 18.3 Å². The van der Waals surface area contributed by atoms with Crippen LogP contribution in [0.4, 0.5) is 10.1 Å². The van der Waals surface area contributed by atoms with E-state index in [4.69, 9.17) is 0 Å². The maximum Gasteiger partial charge on any atom is 0.269 e. The van der Waals surface area contributed by atoms with Gasteiger partial charge in [0.15, 0.2) is 0 Å². The molecule has 0 radical (unpaired) electrons. The first kappa shape index (κ1) is 17.8.